The van der Waals surface area contributed by atoms with Gasteiger partial charge in [-0.15, -0.1) is 0 Å². The van der Waals surface area contributed by atoms with Crippen molar-refractivity contribution in [3.05, 3.63) is 83.8 Å². The van der Waals surface area contributed by atoms with Gasteiger partial charge in [-0.25, -0.2) is 14.5 Å². The van der Waals surface area contributed by atoms with E-state index in [0.29, 0.717) is 46.0 Å². The number of hydrogen-bond acceptors (Lipinski definition) is 8. The maximum atomic E-state index is 13.3. The highest BCUT2D eigenvalue weighted by Gasteiger charge is 2.42. The van der Waals surface area contributed by atoms with Crippen molar-refractivity contribution in [1.29, 1.82) is 0 Å². The number of nitrogens with zero attached hydrogens (tertiary/aromatic N) is 3. The second kappa shape index (κ2) is 11.2. The van der Waals surface area contributed by atoms with Crippen molar-refractivity contribution in [2.75, 3.05) is 12.4 Å². The summed E-state index contributed by atoms with van der Waals surface area (Å²) in [4.78, 5) is 21.6. The van der Waals surface area contributed by atoms with Gasteiger partial charge in [0.1, 0.15) is 23.6 Å². The van der Waals surface area contributed by atoms with Gasteiger partial charge in [0.25, 0.3) is 5.91 Å². The van der Waals surface area contributed by atoms with Gasteiger partial charge in [0.15, 0.2) is 5.65 Å². The molecule has 12 heteroatoms. The Balaban J connectivity index is 1.34. The van der Waals surface area contributed by atoms with E-state index >= 15 is 0 Å². The number of amides is 1. The predicted molar refractivity (Wildman–Crippen MR) is 142 cm³/mol. The predicted octanol–water partition coefficient (Wildman–Crippen LogP) is 6.25. The van der Waals surface area contributed by atoms with Gasteiger partial charge in [-0.05, 0) is 48.9 Å². The lowest BCUT2D eigenvalue weighted by atomic mass is 10.1. The van der Waals surface area contributed by atoms with E-state index in [1.807, 2.05) is 13.0 Å². The molecule has 1 fully saturated rings. The minimum atomic E-state index is -3.95. The van der Waals surface area contributed by atoms with E-state index < -0.39 is 20.2 Å². The fourth-order valence-electron chi connectivity index (χ4n) is 4.27. The van der Waals surface area contributed by atoms with E-state index in [9.17, 15) is 9.36 Å². The summed E-state index contributed by atoms with van der Waals surface area (Å²) >= 11 is 5.92. The quantitative estimate of drug-likeness (QED) is 0.241. The number of pyridine rings is 1. The Morgan fingerprint density at radius 3 is 2.63 bits per heavy atom. The van der Waals surface area contributed by atoms with Crippen LogP contribution >= 0.6 is 19.4 Å². The number of anilines is 1. The van der Waals surface area contributed by atoms with Crippen LogP contribution in [-0.4, -0.2) is 39.8 Å². The van der Waals surface area contributed by atoms with Crippen molar-refractivity contribution in [2.45, 2.75) is 38.2 Å². The molecule has 0 aliphatic carbocycles. The third-order valence-electron chi connectivity index (χ3n) is 6.16. The van der Waals surface area contributed by atoms with Crippen molar-refractivity contribution >= 4 is 42.2 Å². The van der Waals surface area contributed by atoms with Crippen molar-refractivity contribution in [1.82, 2.24) is 14.5 Å². The summed E-state index contributed by atoms with van der Waals surface area (Å²) < 4.78 is 37.9. The fourth-order valence-corrected chi connectivity index (χ4v) is 5.53. The number of carbonyl (C=O) groups excluding carboxylic acids is 1. The molecule has 1 amide bonds. The first-order chi connectivity index (χ1) is 18.4. The number of phosphoric ester groups is 1. The monoisotopic (exact) mass is 556 g/mol. The Kier molecular flexibility index (Phi) is 7.78. The molecule has 198 valence electrons. The van der Waals surface area contributed by atoms with Crippen LogP contribution in [0.25, 0.3) is 11.2 Å². The molecule has 2 aromatic carbocycles. The lowest BCUT2D eigenvalue weighted by Gasteiger charge is -2.22. The number of phosphoric acid groups is 1. The zero-order valence-corrected chi connectivity index (χ0v) is 22.3. The maximum absolute atomic E-state index is 13.3. The molecule has 4 aromatic rings. The smallest absolute Gasteiger partial charge is 0.404 e. The zero-order chi connectivity index (χ0) is 26.7. The number of aromatic nitrogens is 3. The highest BCUT2D eigenvalue weighted by Crippen LogP contribution is 2.52. The molecule has 1 saturated heterocycles. The number of imidazole rings is 1. The minimum absolute atomic E-state index is 0.250. The van der Waals surface area contributed by atoms with Crippen LogP contribution in [0, 0.1) is 0 Å². The average molecular weight is 557 g/mol. The van der Waals surface area contributed by atoms with Crippen LogP contribution in [0.3, 0.4) is 0 Å². The highest BCUT2D eigenvalue weighted by molar-refractivity contribution is 7.48. The summed E-state index contributed by atoms with van der Waals surface area (Å²) in [6.07, 6.45) is 2.70. The Morgan fingerprint density at radius 1 is 1.16 bits per heavy atom. The molecule has 0 spiro atoms. The summed E-state index contributed by atoms with van der Waals surface area (Å²) in [5, 5.41) is 3.42. The molecular weight excluding hydrogens is 531 g/mol. The summed E-state index contributed by atoms with van der Waals surface area (Å²) in [6.45, 7) is 1.95. The van der Waals surface area contributed by atoms with Gasteiger partial charge in [0, 0.05) is 30.3 Å². The Morgan fingerprint density at radius 2 is 1.92 bits per heavy atom. The van der Waals surface area contributed by atoms with Crippen molar-refractivity contribution < 1.29 is 27.7 Å². The first-order valence-corrected chi connectivity index (χ1v) is 13.9. The van der Waals surface area contributed by atoms with Gasteiger partial charge < -0.3 is 14.6 Å². The van der Waals surface area contributed by atoms with Gasteiger partial charge in [-0.3, -0.25) is 18.4 Å². The maximum Gasteiger partial charge on any atom is 0.530 e. The van der Waals surface area contributed by atoms with Crippen LogP contribution < -0.4 is 9.84 Å². The third kappa shape index (κ3) is 5.60. The zero-order valence-electron chi connectivity index (χ0n) is 20.7. The van der Waals surface area contributed by atoms with Gasteiger partial charge in [-0.1, -0.05) is 36.7 Å². The number of carbonyl (C=O) groups is 1. The topological polar surface area (TPSA) is 114 Å². The fraction of sp³-hybridized carbons (Fsp3) is 0.269. The standard InChI is InChI=1S/C26H26ClN4O6P/c1-3-21-22(37-38(33,34-2)36-19-11-9-18(27)10-12-19)15-23(35-21)31-16-29-24-20(13-14-28-25(24)31)30-26(32)17-7-5-4-6-8-17/h4-14,16,21-23H,3,15H2,1-2H3,(H,28,30,32). The van der Waals surface area contributed by atoms with Crippen LogP contribution in [0.1, 0.15) is 36.4 Å². The molecule has 38 heavy (non-hydrogen) atoms. The van der Waals surface area contributed by atoms with Crippen molar-refractivity contribution in [3.63, 3.8) is 0 Å². The summed E-state index contributed by atoms with van der Waals surface area (Å²) in [5.74, 6) is 0.0539. The number of halogens is 1. The number of ether oxygens (including phenoxy) is 1. The first-order valence-electron chi connectivity index (χ1n) is 12.0. The lowest BCUT2D eigenvalue weighted by molar-refractivity contribution is -0.0184. The molecule has 0 saturated carbocycles. The highest BCUT2D eigenvalue weighted by atomic mass is 35.5. The van der Waals surface area contributed by atoms with Gasteiger partial charge >= 0.3 is 7.82 Å². The Labute approximate surface area is 224 Å². The molecule has 4 unspecified atom stereocenters. The summed E-state index contributed by atoms with van der Waals surface area (Å²) in [7, 11) is -2.69. The average Bonchev–Trinajstić information content (AvgIpc) is 3.55. The number of fused-ring (bicyclic) bond motifs is 1. The van der Waals surface area contributed by atoms with Crippen LogP contribution in [0.15, 0.2) is 73.2 Å². The summed E-state index contributed by atoms with van der Waals surface area (Å²) in [5.41, 5.74) is 2.11. The SMILES string of the molecule is CCC1OC(n2cnc3c(NC(=O)c4ccccc4)ccnc32)CC1OP(=O)(OC)Oc1ccc(Cl)cc1. The van der Waals surface area contributed by atoms with Gasteiger partial charge in [-0.2, -0.15) is 0 Å². The second-order valence-electron chi connectivity index (χ2n) is 8.59. The largest absolute Gasteiger partial charge is 0.530 e. The molecular formula is C26H26ClN4O6P. The summed E-state index contributed by atoms with van der Waals surface area (Å²) in [6, 6.07) is 17.0. The van der Waals surface area contributed by atoms with Crippen LogP contribution in [0.2, 0.25) is 5.02 Å². The van der Waals surface area contributed by atoms with Crippen LogP contribution in [0.5, 0.6) is 5.75 Å². The van der Waals surface area contributed by atoms with E-state index in [2.05, 4.69) is 15.3 Å². The van der Waals surface area contributed by atoms with Gasteiger partial charge in [0.2, 0.25) is 0 Å². The molecule has 0 bridgehead atoms. The molecule has 4 atom stereocenters. The van der Waals surface area contributed by atoms with E-state index in [1.165, 1.54) is 7.11 Å². The number of nitrogens with one attached hydrogen (secondary N) is 1. The second-order valence-corrected chi connectivity index (χ2v) is 10.7. The molecule has 10 nitrogen and oxygen atoms in total. The van der Waals surface area contributed by atoms with E-state index in [1.54, 1.807) is 71.7 Å². The molecule has 1 aliphatic heterocycles. The molecule has 5 rings (SSSR count). The van der Waals surface area contributed by atoms with Crippen LogP contribution in [0.4, 0.5) is 5.69 Å². The molecule has 0 radical (unpaired) electrons. The third-order valence-corrected chi connectivity index (χ3v) is 7.82. The Hall–Kier alpha value is -3.27. The molecule has 3 heterocycles. The number of hydrogen-bond donors (Lipinski definition) is 1. The van der Waals surface area contributed by atoms with Crippen molar-refractivity contribution in [3.8, 4) is 5.75 Å². The normalized spacial score (nSPS) is 20.8. The minimum Gasteiger partial charge on any atom is -0.404 e. The van der Waals surface area contributed by atoms with Crippen LogP contribution in [-0.2, 0) is 18.3 Å². The lowest BCUT2D eigenvalue weighted by Crippen LogP contribution is -2.23. The first kappa shape index (κ1) is 26.3. The van der Waals surface area contributed by atoms with E-state index in [0.717, 1.165) is 0 Å². The molecule has 1 aliphatic rings. The van der Waals surface area contributed by atoms with Crippen molar-refractivity contribution in [2.24, 2.45) is 0 Å². The van der Waals surface area contributed by atoms with E-state index in [-0.39, 0.29) is 12.0 Å². The molecule has 2 aromatic heterocycles. The van der Waals surface area contributed by atoms with E-state index in [4.69, 9.17) is 29.9 Å². The Bertz CT molecular complexity index is 1470. The number of benzene rings is 2. The molecule has 1 N–H and O–H groups in total. The number of rotatable bonds is 9. The van der Waals surface area contributed by atoms with Gasteiger partial charge in [0.05, 0.1) is 18.1 Å².